The van der Waals surface area contributed by atoms with E-state index in [1.165, 1.54) is 0 Å². The summed E-state index contributed by atoms with van der Waals surface area (Å²) in [6.07, 6.45) is 0. The van der Waals surface area contributed by atoms with Crippen molar-refractivity contribution >= 4 is 20.8 Å². The minimum atomic E-state index is -3.97. The van der Waals surface area contributed by atoms with Gasteiger partial charge >= 0.3 is 0 Å². The Morgan fingerprint density at radius 1 is 0.917 bits per heavy atom. The third-order valence-electron chi connectivity index (χ3n) is 3.82. The van der Waals surface area contributed by atoms with E-state index < -0.39 is 27.7 Å². The van der Waals surface area contributed by atoms with Crippen LogP contribution in [0.1, 0.15) is 18.5 Å². The van der Waals surface area contributed by atoms with Gasteiger partial charge in [-0.25, -0.2) is 21.9 Å². The van der Waals surface area contributed by atoms with Gasteiger partial charge in [0, 0.05) is 6.04 Å². The predicted molar refractivity (Wildman–Crippen MR) is 89.0 cm³/mol. The smallest absolute Gasteiger partial charge is 0.207 e. The highest BCUT2D eigenvalue weighted by atomic mass is 32.2. The molecule has 0 saturated heterocycles. The number of benzene rings is 3. The van der Waals surface area contributed by atoms with Crippen LogP contribution in [0, 0.1) is 11.6 Å². The molecule has 0 radical (unpaired) electrons. The molecule has 24 heavy (non-hydrogen) atoms. The number of fused-ring (bicyclic) bond motifs is 1. The van der Waals surface area contributed by atoms with Gasteiger partial charge in [-0.1, -0.05) is 42.5 Å². The molecule has 3 rings (SSSR count). The number of hydrogen-bond acceptors (Lipinski definition) is 2. The number of nitrogens with one attached hydrogen (secondary N) is 1. The molecule has 0 unspecified atom stereocenters. The summed E-state index contributed by atoms with van der Waals surface area (Å²) < 4.78 is 53.7. The molecule has 0 aliphatic heterocycles. The molecule has 1 atom stereocenters. The second-order valence-electron chi connectivity index (χ2n) is 5.49. The lowest BCUT2D eigenvalue weighted by molar-refractivity contribution is 0.503. The predicted octanol–water partition coefficient (Wildman–Crippen LogP) is 4.16. The first kappa shape index (κ1) is 16.5. The lowest BCUT2D eigenvalue weighted by Gasteiger charge is -2.17. The van der Waals surface area contributed by atoms with Gasteiger partial charge in [0.15, 0.2) is 11.6 Å². The Morgan fingerprint density at radius 2 is 1.62 bits per heavy atom. The van der Waals surface area contributed by atoms with Gasteiger partial charge in [-0.2, -0.15) is 0 Å². The molecule has 0 aliphatic carbocycles. The Bertz CT molecular complexity index is 998. The van der Waals surface area contributed by atoms with Crippen LogP contribution in [0.25, 0.3) is 10.8 Å². The largest absolute Gasteiger partial charge is 0.241 e. The van der Waals surface area contributed by atoms with Crippen molar-refractivity contribution in [2.45, 2.75) is 17.9 Å². The van der Waals surface area contributed by atoms with Crippen LogP contribution in [-0.2, 0) is 10.0 Å². The van der Waals surface area contributed by atoms with E-state index in [2.05, 4.69) is 4.72 Å². The molecular formula is C18H15F2NO2S. The molecule has 0 bridgehead atoms. The van der Waals surface area contributed by atoms with E-state index in [-0.39, 0.29) is 4.90 Å². The fraction of sp³-hybridized carbons (Fsp3) is 0.111. The number of rotatable bonds is 4. The van der Waals surface area contributed by atoms with Gasteiger partial charge in [0.05, 0.1) is 4.90 Å². The molecule has 0 fully saturated rings. The van der Waals surface area contributed by atoms with Crippen molar-refractivity contribution in [1.82, 2.24) is 4.72 Å². The Labute approximate surface area is 139 Å². The minimum absolute atomic E-state index is 0.312. The van der Waals surface area contributed by atoms with E-state index >= 15 is 0 Å². The molecule has 0 spiro atoms. The Kier molecular flexibility index (Phi) is 4.34. The zero-order chi connectivity index (χ0) is 17.3. The summed E-state index contributed by atoms with van der Waals surface area (Å²) in [5, 5.41) is 1.93. The lowest BCUT2D eigenvalue weighted by atomic mass is 10.0. The van der Waals surface area contributed by atoms with E-state index in [4.69, 9.17) is 0 Å². The number of sulfonamides is 1. The van der Waals surface area contributed by atoms with Crippen molar-refractivity contribution in [3.8, 4) is 0 Å². The Hall–Kier alpha value is -2.31. The number of halogens is 2. The van der Waals surface area contributed by atoms with Crippen LogP contribution < -0.4 is 4.72 Å². The summed E-state index contributed by atoms with van der Waals surface area (Å²) in [5.74, 6) is -2.29. The molecule has 0 heterocycles. The highest BCUT2D eigenvalue weighted by Crippen LogP contribution is 2.25. The molecular weight excluding hydrogens is 332 g/mol. The van der Waals surface area contributed by atoms with Crippen LogP contribution >= 0.6 is 0 Å². The molecule has 0 amide bonds. The molecule has 3 aromatic rings. The molecule has 0 aliphatic rings. The molecule has 6 heteroatoms. The van der Waals surface area contributed by atoms with Gasteiger partial charge in [-0.05, 0) is 41.5 Å². The summed E-state index contributed by atoms with van der Waals surface area (Å²) in [5.41, 5.74) is 0.805. The Balaban J connectivity index is 1.95. The van der Waals surface area contributed by atoms with E-state index in [1.807, 2.05) is 42.5 Å². The van der Waals surface area contributed by atoms with Crippen LogP contribution in [0.3, 0.4) is 0 Å². The second-order valence-corrected chi connectivity index (χ2v) is 7.20. The van der Waals surface area contributed by atoms with E-state index in [0.29, 0.717) is 6.07 Å². The minimum Gasteiger partial charge on any atom is -0.207 e. The van der Waals surface area contributed by atoms with Crippen molar-refractivity contribution in [2.24, 2.45) is 0 Å². The van der Waals surface area contributed by atoms with Crippen LogP contribution in [0.5, 0.6) is 0 Å². The average Bonchev–Trinajstić information content (AvgIpc) is 2.56. The maximum atomic E-state index is 13.3. The molecule has 3 nitrogen and oxygen atoms in total. The van der Waals surface area contributed by atoms with Gasteiger partial charge in [0.25, 0.3) is 0 Å². The van der Waals surface area contributed by atoms with Gasteiger partial charge in [0.2, 0.25) is 10.0 Å². The second kappa shape index (κ2) is 6.30. The van der Waals surface area contributed by atoms with Crippen LogP contribution in [0.2, 0.25) is 0 Å². The highest BCUT2D eigenvalue weighted by Gasteiger charge is 2.21. The average molecular weight is 347 g/mol. The van der Waals surface area contributed by atoms with Gasteiger partial charge in [0.1, 0.15) is 0 Å². The van der Waals surface area contributed by atoms with Gasteiger partial charge in [-0.15, -0.1) is 0 Å². The Morgan fingerprint density at radius 3 is 2.38 bits per heavy atom. The first-order chi connectivity index (χ1) is 11.4. The first-order valence-corrected chi connectivity index (χ1v) is 8.82. The SMILES string of the molecule is C[C@H](NS(=O)(=O)c1ccc(F)c(F)c1)c1cccc2ccccc12. The topological polar surface area (TPSA) is 46.2 Å². The van der Waals surface area contributed by atoms with Crippen molar-refractivity contribution in [3.05, 3.63) is 77.9 Å². The first-order valence-electron chi connectivity index (χ1n) is 7.33. The molecule has 0 saturated carbocycles. The summed E-state index contributed by atoms with van der Waals surface area (Å²) in [6, 6.07) is 15.2. The van der Waals surface area contributed by atoms with Crippen molar-refractivity contribution in [1.29, 1.82) is 0 Å². The molecule has 3 aromatic carbocycles. The summed E-state index contributed by atoms with van der Waals surface area (Å²) in [4.78, 5) is -0.312. The zero-order valence-corrected chi connectivity index (χ0v) is 13.6. The van der Waals surface area contributed by atoms with Crippen LogP contribution in [0.4, 0.5) is 8.78 Å². The molecule has 0 aromatic heterocycles. The van der Waals surface area contributed by atoms with Gasteiger partial charge in [-0.3, -0.25) is 0 Å². The summed E-state index contributed by atoms with van der Waals surface area (Å²) >= 11 is 0. The summed E-state index contributed by atoms with van der Waals surface area (Å²) in [6.45, 7) is 1.71. The van der Waals surface area contributed by atoms with Crippen molar-refractivity contribution < 1.29 is 17.2 Å². The van der Waals surface area contributed by atoms with Gasteiger partial charge < -0.3 is 0 Å². The standard InChI is InChI=1S/C18H15F2NO2S/c1-12(15-8-4-6-13-5-2-3-7-16(13)15)21-24(22,23)14-9-10-17(19)18(20)11-14/h2-12,21H,1H3/t12-/m0/s1. The van der Waals surface area contributed by atoms with Crippen molar-refractivity contribution in [2.75, 3.05) is 0 Å². The van der Waals surface area contributed by atoms with Crippen LogP contribution in [0.15, 0.2) is 65.6 Å². The maximum Gasteiger partial charge on any atom is 0.241 e. The molecule has 124 valence electrons. The van der Waals surface area contributed by atoms with E-state index in [9.17, 15) is 17.2 Å². The fourth-order valence-electron chi connectivity index (χ4n) is 2.64. The zero-order valence-electron chi connectivity index (χ0n) is 12.8. The summed E-state index contributed by atoms with van der Waals surface area (Å²) in [7, 11) is -3.97. The lowest BCUT2D eigenvalue weighted by Crippen LogP contribution is -2.27. The fourth-order valence-corrected chi connectivity index (χ4v) is 3.87. The normalized spacial score (nSPS) is 13.1. The monoisotopic (exact) mass is 347 g/mol. The maximum absolute atomic E-state index is 13.3. The molecule has 1 N–H and O–H groups in total. The van der Waals surface area contributed by atoms with E-state index in [1.54, 1.807) is 6.92 Å². The third kappa shape index (κ3) is 3.16. The highest BCUT2D eigenvalue weighted by molar-refractivity contribution is 7.89. The quantitative estimate of drug-likeness (QED) is 0.770. The van der Waals surface area contributed by atoms with Crippen molar-refractivity contribution in [3.63, 3.8) is 0 Å². The van der Waals surface area contributed by atoms with Crippen LogP contribution in [-0.4, -0.2) is 8.42 Å². The number of hydrogen-bond donors (Lipinski definition) is 1. The third-order valence-corrected chi connectivity index (χ3v) is 5.36. The van der Waals surface area contributed by atoms with E-state index in [0.717, 1.165) is 28.5 Å².